The second kappa shape index (κ2) is 7.55. The van der Waals surface area contributed by atoms with Crippen molar-refractivity contribution in [2.24, 2.45) is 5.41 Å². The minimum atomic E-state index is -1.13. The Morgan fingerprint density at radius 1 is 1.42 bits per heavy atom. The second-order valence-corrected chi connectivity index (χ2v) is 7.00. The van der Waals surface area contributed by atoms with Gasteiger partial charge in [-0.2, -0.15) is 5.10 Å². The molecule has 0 bridgehead atoms. The van der Waals surface area contributed by atoms with Crippen molar-refractivity contribution in [3.05, 3.63) is 41.8 Å². The van der Waals surface area contributed by atoms with Crippen LogP contribution in [0.25, 0.3) is 11.3 Å². The molecule has 1 aliphatic rings. The van der Waals surface area contributed by atoms with Gasteiger partial charge in [-0.25, -0.2) is 4.39 Å². The van der Waals surface area contributed by atoms with Crippen LogP contribution in [0.5, 0.6) is 0 Å². The molecule has 2 atom stereocenters. The molecule has 0 radical (unpaired) electrons. The van der Waals surface area contributed by atoms with Crippen molar-refractivity contribution < 1.29 is 19.4 Å². The third-order valence-corrected chi connectivity index (χ3v) is 5.23. The fraction of sp³-hybridized carbons (Fsp3) is 0.474. The molecule has 0 unspecified atom stereocenters. The van der Waals surface area contributed by atoms with Crippen LogP contribution in [-0.4, -0.2) is 50.5 Å². The topological polar surface area (TPSA) is 89.5 Å². The molecule has 140 valence electrons. The van der Waals surface area contributed by atoms with Crippen LogP contribution in [0.15, 0.2) is 30.5 Å². The van der Waals surface area contributed by atoms with E-state index in [1.807, 2.05) is 11.8 Å². The molecule has 1 aliphatic heterocycles. The lowest BCUT2D eigenvalue weighted by molar-refractivity contribution is -0.164. The van der Waals surface area contributed by atoms with Crippen LogP contribution < -0.4 is 0 Å². The molecule has 2 heterocycles. The summed E-state index contributed by atoms with van der Waals surface area (Å²) in [5, 5.41) is 27.2. The number of hydrogen-bond acceptors (Lipinski definition) is 4. The standard InChI is InChI=1S/C19H24FN3O3/c1-2-8-19(18(25)26)12-23(9-7-16(19)24)11-14-10-21-22-17(14)13-3-5-15(20)6-4-13/h3-6,10,16,24H,2,7-9,11-12H2,1H3,(H,21,22)(H,25,26)/t16-,19+/m0/s1. The Bertz CT molecular complexity index is 762. The summed E-state index contributed by atoms with van der Waals surface area (Å²) < 4.78 is 13.2. The third-order valence-electron chi connectivity index (χ3n) is 5.23. The van der Waals surface area contributed by atoms with E-state index in [0.29, 0.717) is 38.9 Å². The van der Waals surface area contributed by atoms with Crippen LogP contribution in [-0.2, 0) is 11.3 Å². The molecule has 2 aromatic rings. The molecule has 1 aromatic heterocycles. The average Bonchev–Trinajstić information content (AvgIpc) is 3.06. The lowest BCUT2D eigenvalue weighted by Gasteiger charge is -2.43. The number of halogens is 1. The predicted molar refractivity (Wildman–Crippen MR) is 94.9 cm³/mol. The van der Waals surface area contributed by atoms with E-state index in [1.54, 1.807) is 18.3 Å². The van der Waals surface area contributed by atoms with E-state index in [2.05, 4.69) is 10.2 Å². The zero-order valence-electron chi connectivity index (χ0n) is 14.8. The Labute approximate surface area is 151 Å². The maximum Gasteiger partial charge on any atom is 0.313 e. The van der Waals surface area contributed by atoms with Crippen LogP contribution >= 0.6 is 0 Å². The fourth-order valence-corrected chi connectivity index (χ4v) is 3.85. The number of aromatic amines is 1. The molecule has 0 aliphatic carbocycles. The number of carboxylic acids is 1. The number of piperidine rings is 1. The molecule has 6 nitrogen and oxygen atoms in total. The number of H-pyrrole nitrogens is 1. The monoisotopic (exact) mass is 361 g/mol. The van der Waals surface area contributed by atoms with Gasteiger partial charge < -0.3 is 10.2 Å². The van der Waals surface area contributed by atoms with Gasteiger partial charge in [-0.3, -0.25) is 14.8 Å². The van der Waals surface area contributed by atoms with Gasteiger partial charge in [0.05, 0.1) is 18.0 Å². The lowest BCUT2D eigenvalue weighted by atomic mass is 9.74. The first-order valence-electron chi connectivity index (χ1n) is 8.88. The highest BCUT2D eigenvalue weighted by Crippen LogP contribution is 2.36. The number of aliphatic hydroxyl groups is 1. The van der Waals surface area contributed by atoms with E-state index >= 15 is 0 Å². The van der Waals surface area contributed by atoms with Crippen molar-refractivity contribution in [2.45, 2.75) is 38.8 Å². The Hall–Kier alpha value is -2.25. The summed E-state index contributed by atoms with van der Waals surface area (Å²) in [6.45, 7) is 3.37. The molecule has 0 amide bonds. The lowest BCUT2D eigenvalue weighted by Crippen LogP contribution is -2.55. The Morgan fingerprint density at radius 2 is 2.15 bits per heavy atom. The first-order chi connectivity index (χ1) is 12.5. The van der Waals surface area contributed by atoms with Crippen LogP contribution in [0.1, 0.15) is 31.7 Å². The molecule has 1 aromatic carbocycles. The van der Waals surface area contributed by atoms with Gasteiger partial charge in [0.1, 0.15) is 11.2 Å². The summed E-state index contributed by atoms with van der Waals surface area (Å²) in [5.41, 5.74) is 1.41. The molecule has 1 fully saturated rings. The maximum atomic E-state index is 13.2. The number of likely N-dealkylation sites (tertiary alicyclic amines) is 1. The number of benzene rings is 1. The molecule has 0 saturated carbocycles. The Balaban J connectivity index is 1.81. The number of aromatic nitrogens is 2. The molecule has 3 N–H and O–H groups in total. The molecule has 26 heavy (non-hydrogen) atoms. The highest BCUT2D eigenvalue weighted by atomic mass is 19.1. The van der Waals surface area contributed by atoms with Crippen molar-refractivity contribution in [1.29, 1.82) is 0 Å². The van der Waals surface area contributed by atoms with Gasteiger partial charge in [0.25, 0.3) is 0 Å². The van der Waals surface area contributed by atoms with E-state index in [-0.39, 0.29) is 5.82 Å². The largest absolute Gasteiger partial charge is 0.481 e. The smallest absolute Gasteiger partial charge is 0.313 e. The van der Waals surface area contributed by atoms with Gasteiger partial charge in [0.15, 0.2) is 0 Å². The van der Waals surface area contributed by atoms with Gasteiger partial charge in [-0.1, -0.05) is 13.3 Å². The molecule has 7 heteroatoms. The number of aliphatic hydroxyl groups excluding tert-OH is 1. The highest BCUT2D eigenvalue weighted by molar-refractivity contribution is 5.76. The zero-order valence-corrected chi connectivity index (χ0v) is 14.8. The fourth-order valence-electron chi connectivity index (χ4n) is 3.85. The summed E-state index contributed by atoms with van der Waals surface area (Å²) in [5.74, 6) is -1.24. The number of rotatable bonds is 6. The number of hydrogen-bond donors (Lipinski definition) is 3. The predicted octanol–water partition coefficient (Wildman–Crippen LogP) is 2.65. The third kappa shape index (κ3) is 3.50. The van der Waals surface area contributed by atoms with Crippen LogP contribution in [0.2, 0.25) is 0 Å². The SMILES string of the molecule is CCC[C@@]1(C(=O)O)CN(Cc2cn[nH]c2-c2ccc(F)cc2)CC[C@@H]1O. The Kier molecular flexibility index (Phi) is 5.38. The molecule has 3 rings (SSSR count). The van der Waals surface area contributed by atoms with E-state index in [9.17, 15) is 19.4 Å². The summed E-state index contributed by atoms with van der Waals surface area (Å²) in [6.07, 6.45) is 2.44. The quantitative estimate of drug-likeness (QED) is 0.736. The number of carbonyl (C=O) groups is 1. The van der Waals surface area contributed by atoms with Crippen molar-refractivity contribution in [2.75, 3.05) is 13.1 Å². The second-order valence-electron chi connectivity index (χ2n) is 7.00. The van der Waals surface area contributed by atoms with Crippen molar-refractivity contribution in [3.63, 3.8) is 0 Å². The minimum Gasteiger partial charge on any atom is -0.481 e. The first kappa shape index (κ1) is 18.5. The molecular weight excluding hydrogens is 337 g/mol. The average molecular weight is 361 g/mol. The van der Waals surface area contributed by atoms with Gasteiger partial charge in [0.2, 0.25) is 0 Å². The van der Waals surface area contributed by atoms with Crippen molar-refractivity contribution >= 4 is 5.97 Å². The van der Waals surface area contributed by atoms with Crippen molar-refractivity contribution in [3.8, 4) is 11.3 Å². The van der Waals surface area contributed by atoms with Crippen LogP contribution in [0, 0.1) is 11.2 Å². The molecule has 1 saturated heterocycles. The number of nitrogens with one attached hydrogen (secondary N) is 1. The van der Waals surface area contributed by atoms with Crippen molar-refractivity contribution in [1.82, 2.24) is 15.1 Å². The van der Waals surface area contributed by atoms with Crippen LogP contribution in [0.3, 0.4) is 0 Å². The Morgan fingerprint density at radius 3 is 2.81 bits per heavy atom. The first-order valence-corrected chi connectivity index (χ1v) is 8.88. The van der Waals surface area contributed by atoms with Crippen LogP contribution in [0.4, 0.5) is 4.39 Å². The number of aliphatic carboxylic acids is 1. The molecular formula is C19H24FN3O3. The van der Waals surface area contributed by atoms with E-state index in [4.69, 9.17) is 0 Å². The van der Waals surface area contributed by atoms with E-state index < -0.39 is 17.5 Å². The van der Waals surface area contributed by atoms with Gasteiger partial charge in [-0.15, -0.1) is 0 Å². The summed E-state index contributed by atoms with van der Waals surface area (Å²) in [4.78, 5) is 14.0. The maximum absolute atomic E-state index is 13.2. The van der Waals surface area contributed by atoms with Gasteiger partial charge in [0, 0.05) is 30.8 Å². The molecule has 0 spiro atoms. The summed E-state index contributed by atoms with van der Waals surface area (Å²) in [7, 11) is 0. The highest BCUT2D eigenvalue weighted by Gasteiger charge is 2.48. The van der Waals surface area contributed by atoms with Gasteiger partial charge in [-0.05, 0) is 37.1 Å². The minimum absolute atomic E-state index is 0.297. The normalized spacial score (nSPS) is 23.9. The van der Waals surface area contributed by atoms with Gasteiger partial charge >= 0.3 is 5.97 Å². The number of carboxylic acid groups (broad SMARTS) is 1. The summed E-state index contributed by atoms with van der Waals surface area (Å²) >= 11 is 0. The summed E-state index contributed by atoms with van der Waals surface area (Å²) in [6, 6.07) is 6.16. The van der Waals surface area contributed by atoms with E-state index in [0.717, 1.165) is 16.8 Å². The number of nitrogens with zero attached hydrogens (tertiary/aromatic N) is 2. The zero-order chi connectivity index (χ0) is 18.7. The van der Waals surface area contributed by atoms with E-state index in [1.165, 1.54) is 12.1 Å².